The molecule has 1 N–H and O–H groups in total. The first-order valence-corrected chi connectivity index (χ1v) is 5.59. The molecule has 1 aromatic carbocycles. The Labute approximate surface area is 91.4 Å². The minimum absolute atomic E-state index is 0.197. The van der Waals surface area contributed by atoms with Crippen molar-refractivity contribution in [2.24, 2.45) is 5.92 Å². The fraction of sp³-hybridized carbons (Fsp3) is 0.429. The third kappa shape index (κ3) is 2.13. The summed E-state index contributed by atoms with van der Waals surface area (Å²) >= 11 is 0. The molecule has 15 heavy (non-hydrogen) atoms. The second kappa shape index (κ2) is 4.19. The highest BCUT2D eigenvalue weighted by Gasteiger charge is 2.29. The van der Waals surface area contributed by atoms with Gasteiger partial charge in [-0.25, -0.2) is 0 Å². The molecule has 0 radical (unpaired) electrons. The minimum Gasteiger partial charge on any atom is -0.393 e. The van der Waals surface area contributed by atoms with E-state index in [0.29, 0.717) is 11.8 Å². The first kappa shape index (κ1) is 10.4. The van der Waals surface area contributed by atoms with Crippen molar-refractivity contribution in [1.82, 2.24) is 0 Å². The van der Waals surface area contributed by atoms with E-state index in [2.05, 4.69) is 37.8 Å². The second-order valence-corrected chi connectivity index (χ2v) is 4.61. The molecule has 0 aromatic heterocycles. The van der Waals surface area contributed by atoms with Gasteiger partial charge in [-0.2, -0.15) is 0 Å². The zero-order valence-corrected chi connectivity index (χ0v) is 9.19. The first-order valence-electron chi connectivity index (χ1n) is 5.59. The highest BCUT2D eigenvalue weighted by molar-refractivity contribution is 5.29. The van der Waals surface area contributed by atoms with Crippen molar-refractivity contribution in [2.45, 2.75) is 31.8 Å². The summed E-state index contributed by atoms with van der Waals surface area (Å²) in [5, 5.41) is 9.75. The Morgan fingerprint density at radius 2 is 1.93 bits per heavy atom. The maximum Gasteiger partial charge on any atom is 0.0603 e. The fourth-order valence-corrected chi connectivity index (χ4v) is 2.36. The Morgan fingerprint density at radius 1 is 1.27 bits per heavy atom. The molecule has 0 aliphatic heterocycles. The highest BCUT2D eigenvalue weighted by Crippen LogP contribution is 2.39. The van der Waals surface area contributed by atoms with Crippen LogP contribution in [0.15, 0.2) is 42.5 Å². The van der Waals surface area contributed by atoms with Gasteiger partial charge in [0, 0.05) is 5.92 Å². The van der Waals surface area contributed by atoms with E-state index >= 15 is 0 Å². The lowest BCUT2D eigenvalue weighted by atomic mass is 9.74. The summed E-state index contributed by atoms with van der Waals surface area (Å²) in [6.07, 6.45) is 1.57. The topological polar surface area (TPSA) is 20.2 Å². The summed E-state index contributed by atoms with van der Waals surface area (Å²) in [7, 11) is 0. The van der Waals surface area contributed by atoms with E-state index in [1.54, 1.807) is 0 Å². The van der Waals surface area contributed by atoms with Crippen LogP contribution in [-0.4, -0.2) is 11.2 Å². The van der Waals surface area contributed by atoms with Crippen molar-refractivity contribution in [3.63, 3.8) is 0 Å². The zero-order valence-electron chi connectivity index (χ0n) is 9.19. The van der Waals surface area contributed by atoms with Gasteiger partial charge in [0.05, 0.1) is 6.10 Å². The van der Waals surface area contributed by atoms with Crippen molar-refractivity contribution in [3.05, 3.63) is 48.0 Å². The van der Waals surface area contributed by atoms with E-state index in [0.717, 1.165) is 12.8 Å². The lowest BCUT2D eigenvalue weighted by Gasteiger charge is -2.33. The number of aliphatic hydroxyl groups is 1. The molecular formula is C14H18O. The van der Waals surface area contributed by atoms with Crippen LogP contribution in [0, 0.1) is 5.92 Å². The Kier molecular flexibility index (Phi) is 2.92. The molecule has 1 aromatic rings. The van der Waals surface area contributed by atoms with Gasteiger partial charge < -0.3 is 5.11 Å². The quantitative estimate of drug-likeness (QED) is 0.694. The Balaban J connectivity index is 2.20. The van der Waals surface area contributed by atoms with Gasteiger partial charge >= 0.3 is 0 Å². The van der Waals surface area contributed by atoms with E-state index in [1.807, 2.05) is 6.07 Å². The third-order valence-corrected chi connectivity index (χ3v) is 3.43. The number of benzene rings is 1. The van der Waals surface area contributed by atoms with E-state index in [9.17, 15) is 5.11 Å². The van der Waals surface area contributed by atoms with E-state index in [-0.39, 0.29) is 6.10 Å². The molecule has 1 fully saturated rings. The van der Waals surface area contributed by atoms with E-state index in [4.69, 9.17) is 0 Å². The molecule has 0 heterocycles. The Bertz CT molecular complexity index is 342. The highest BCUT2D eigenvalue weighted by atomic mass is 16.3. The minimum atomic E-state index is -0.197. The molecular weight excluding hydrogens is 184 g/mol. The van der Waals surface area contributed by atoms with Crippen molar-refractivity contribution in [3.8, 4) is 0 Å². The molecule has 1 aliphatic carbocycles. The Hall–Kier alpha value is -1.08. The summed E-state index contributed by atoms with van der Waals surface area (Å²) in [6, 6.07) is 10.5. The number of rotatable bonds is 1. The molecule has 0 bridgehead atoms. The van der Waals surface area contributed by atoms with Gasteiger partial charge in [-0.15, -0.1) is 0 Å². The summed E-state index contributed by atoms with van der Waals surface area (Å²) in [4.78, 5) is 0. The van der Waals surface area contributed by atoms with Gasteiger partial charge in [0.1, 0.15) is 0 Å². The molecule has 80 valence electrons. The van der Waals surface area contributed by atoms with Gasteiger partial charge in [-0.1, -0.05) is 49.4 Å². The smallest absolute Gasteiger partial charge is 0.0603 e. The van der Waals surface area contributed by atoms with Crippen LogP contribution in [0.4, 0.5) is 0 Å². The standard InChI is InChI=1S/C14H18O/c1-10-9-14(15)11(2)8-13(10)12-6-4-3-5-7-12/h3-7,11,13-15H,1,8-9H2,2H3/t11-,13+,14-/m1/s1. The predicted octanol–water partition coefficient (Wildman–Crippen LogP) is 3.12. The van der Waals surface area contributed by atoms with Crippen molar-refractivity contribution >= 4 is 0 Å². The van der Waals surface area contributed by atoms with Gasteiger partial charge in [0.2, 0.25) is 0 Å². The fourth-order valence-electron chi connectivity index (χ4n) is 2.36. The summed E-state index contributed by atoms with van der Waals surface area (Å²) in [6.45, 7) is 6.21. The van der Waals surface area contributed by atoms with Gasteiger partial charge in [-0.3, -0.25) is 0 Å². The average molecular weight is 202 g/mol. The molecule has 1 saturated carbocycles. The molecule has 3 atom stereocenters. The summed E-state index contributed by atoms with van der Waals surface area (Å²) in [5.74, 6) is 0.810. The monoisotopic (exact) mass is 202 g/mol. The molecule has 0 unspecified atom stereocenters. The molecule has 0 saturated heterocycles. The number of hydrogen-bond donors (Lipinski definition) is 1. The lowest BCUT2D eigenvalue weighted by molar-refractivity contribution is 0.0925. The van der Waals surface area contributed by atoms with Crippen LogP contribution < -0.4 is 0 Å². The van der Waals surface area contributed by atoms with E-state index < -0.39 is 0 Å². The van der Waals surface area contributed by atoms with Crippen molar-refractivity contribution in [1.29, 1.82) is 0 Å². The molecule has 1 nitrogen and oxygen atoms in total. The van der Waals surface area contributed by atoms with Crippen LogP contribution in [0.1, 0.15) is 31.2 Å². The molecule has 2 rings (SSSR count). The average Bonchev–Trinajstić information content (AvgIpc) is 2.25. The predicted molar refractivity (Wildman–Crippen MR) is 62.7 cm³/mol. The van der Waals surface area contributed by atoms with Crippen LogP contribution in [-0.2, 0) is 0 Å². The van der Waals surface area contributed by atoms with Gasteiger partial charge in [0.15, 0.2) is 0 Å². The normalized spacial score (nSPS) is 31.6. The van der Waals surface area contributed by atoms with Crippen molar-refractivity contribution < 1.29 is 5.11 Å². The van der Waals surface area contributed by atoms with Crippen LogP contribution in [0.5, 0.6) is 0 Å². The maximum absolute atomic E-state index is 9.75. The van der Waals surface area contributed by atoms with Crippen molar-refractivity contribution in [2.75, 3.05) is 0 Å². The van der Waals surface area contributed by atoms with Crippen LogP contribution in [0.2, 0.25) is 0 Å². The number of aliphatic hydroxyl groups excluding tert-OH is 1. The van der Waals surface area contributed by atoms with Crippen LogP contribution in [0.3, 0.4) is 0 Å². The summed E-state index contributed by atoms with van der Waals surface area (Å²) < 4.78 is 0. The molecule has 1 heteroatoms. The first-order chi connectivity index (χ1) is 7.18. The maximum atomic E-state index is 9.75. The van der Waals surface area contributed by atoms with Crippen LogP contribution >= 0.6 is 0 Å². The molecule has 0 spiro atoms. The molecule has 1 aliphatic rings. The lowest BCUT2D eigenvalue weighted by Crippen LogP contribution is -2.27. The van der Waals surface area contributed by atoms with Gasteiger partial charge in [0.25, 0.3) is 0 Å². The second-order valence-electron chi connectivity index (χ2n) is 4.61. The van der Waals surface area contributed by atoms with Crippen LogP contribution in [0.25, 0.3) is 0 Å². The Morgan fingerprint density at radius 3 is 2.60 bits per heavy atom. The molecule has 0 amide bonds. The van der Waals surface area contributed by atoms with E-state index in [1.165, 1.54) is 11.1 Å². The van der Waals surface area contributed by atoms with Gasteiger partial charge in [-0.05, 0) is 24.3 Å². The summed E-state index contributed by atoms with van der Waals surface area (Å²) in [5.41, 5.74) is 2.51. The SMILES string of the molecule is C=C1C[C@@H](O)[C@H](C)C[C@@H]1c1ccccc1. The zero-order chi connectivity index (χ0) is 10.8. The third-order valence-electron chi connectivity index (χ3n) is 3.43. The number of hydrogen-bond acceptors (Lipinski definition) is 1. The largest absolute Gasteiger partial charge is 0.393 e.